The first kappa shape index (κ1) is 13.5. The second kappa shape index (κ2) is 7.66. The Morgan fingerprint density at radius 2 is 1.82 bits per heavy atom. The van der Waals surface area contributed by atoms with Crippen molar-refractivity contribution in [3.8, 4) is 0 Å². The summed E-state index contributed by atoms with van der Waals surface area (Å²) in [4.78, 5) is 10.8. The van der Waals surface area contributed by atoms with Crippen molar-refractivity contribution in [1.82, 2.24) is 0 Å². The van der Waals surface area contributed by atoms with E-state index in [9.17, 15) is 4.79 Å². The van der Waals surface area contributed by atoms with E-state index in [2.05, 4.69) is 37.8 Å². The van der Waals surface area contributed by atoms with E-state index in [0.29, 0.717) is 6.61 Å². The van der Waals surface area contributed by atoms with E-state index in [-0.39, 0.29) is 5.97 Å². The first-order valence-electron chi connectivity index (χ1n) is 6.13. The summed E-state index contributed by atoms with van der Waals surface area (Å²) in [7, 11) is 0. The number of esters is 1. The molecule has 0 atom stereocenters. The molecule has 0 heterocycles. The highest BCUT2D eigenvalue weighted by Crippen LogP contribution is 2.08. The lowest BCUT2D eigenvalue weighted by Gasteiger charge is -2.04. The lowest BCUT2D eigenvalue weighted by atomic mass is 10.1. The Kier molecular flexibility index (Phi) is 6.08. The molecule has 0 bridgehead atoms. The first-order chi connectivity index (χ1) is 8.26. The lowest BCUT2D eigenvalue weighted by molar-refractivity contribution is -0.137. The van der Waals surface area contributed by atoms with Gasteiger partial charge in [-0.2, -0.15) is 0 Å². The van der Waals surface area contributed by atoms with Crippen LogP contribution in [0, 0.1) is 0 Å². The van der Waals surface area contributed by atoms with Crippen LogP contribution in [0.15, 0.2) is 36.9 Å². The van der Waals surface area contributed by atoms with Crippen molar-refractivity contribution >= 4 is 5.97 Å². The summed E-state index contributed by atoms with van der Waals surface area (Å²) in [6.45, 7) is 5.99. The Labute approximate surface area is 103 Å². The minimum atomic E-state index is -0.344. The van der Waals surface area contributed by atoms with Gasteiger partial charge in [-0.3, -0.25) is 0 Å². The summed E-state index contributed by atoms with van der Waals surface area (Å²) in [6.07, 6.45) is 5.30. The van der Waals surface area contributed by atoms with Crippen LogP contribution in [0.1, 0.15) is 30.9 Å². The zero-order chi connectivity index (χ0) is 12.5. The van der Waals surface area contributed by atoms with Gasteiger partial charge in [-0.15, -0.1) is 0 Å². The van der Waals surface area contributed by atoms with Crippen LogP contribution in [0.5, 0.6) is 0 Å². The Hall–Kier alpha value is -1.57. The van der Waals surface area contributed by atoms with Crippen LogP contribution in [0.3, 0.4) is 0 Å². The standard InChI is InChI=1S/C15H20O2/c1-3-6-13-8-10-14(11-9-13)7-5-12-17-15(16)4-2/h4,8-11H,2-3,5-7,12H2,1H3. The number of rotatable bonds is 7. The van der Waals surface area contributed by atoms with Gasteiger partial charge in [0.1, 0.15) is 0 Å². The van der Waals surface area contributed by atoms with Crippen molar-refractivity contribution in [3.05, 3.63) is 48.0 Å². The Morgan fingerprint density at radius 3 is 2.35 bits per heavy atom. The molecule has 1 aromatic rings. The van der Waals surface area contributed by atoms with Crippen molar-refractivity contribution in [2.45, 2.75) is 32.6 Å². The third-order valence-electron chi connectivity index (χ3n) is 2.58. The number of carbonyl (C=O) groups is 1. The van der Waals surface area contributed by atoms with E-state index in [1.54, 1.807) is 0 Å². The molecule has 1 rings (SSSR count). The molecule has 0 aliphatic carbocycles. The normalized spacial score (nSPS) is 9.94. The topological polar surface area (TPSA) is 26.3 Å². The molecule has 0 amide bonds. The predicted octanol–water partition coefficient (Wildman–Crippen LogP) is 3.30. The average molecular weight is 232 g/mol. The fraction of sp³-hybridized carbons (Fsp3) is 0.400. The van der Waals surface area contributed by atoms with Crippen LogP contribution in [0.2, 0.25) is 0 Å². The van der Waals surface area contributed by atoms with Gasteiger partial charge in [0, 0.05) is 6.08 Å². The van der Waals surface area contributed by atoms with E-state index in [1.807, 2.05) is 0 Å². The van der Waals surface area contributed by atoms with E-state index < -0.39 is 0 Å². The minimum absolute atomic E-state index is 0.344. The van der Waals surface area contributed by atoms with Crippen LogP contribution >= 0.6 is 0 Å². The maximum Gasteiger partial charge on any atom is 0.330 e. The number of hydrogen-bond donors (Lipinski definition) is 0. The first-order valence-corrected chi connectivity index (χ1v) is 6.13. The summed E-state index contributed by atoms with van der Waals surface area (Å²) in [6, 6.07) is 8.66. The number of ether oxygens (including phenoxy) is 1. The molecule has 0 radical (unpaired) electrons. The molecule has 0 unspecified atom stereocenters. The molecule has 92 valence electrons. The third kappa shape index (κ3) is 5.34. The molecule has 0 aromatic heterocycles. The highest BCUT2D eigenvalue weighted by atomic mass is 16.5. The third-order valence-corrected chi connectivity index (χ3v) is 2.58. The summed E-state index contributed by atoms with van der Waals surface area (Å²) < 4.78 is 4.92. The molecule has 0 fully saturated rings. The van der Waals surface area contributed by atoms with Crippen molar-refractivity contribution < 1.29 is 9.53 Å². The van der Waals surface area contributed by atoms with Gasteiger partial charge < -0.3 is 4.74 Å². The van der Waals surface area contributed by atoms with E-state index in [1.165, 1.54) is 23.6 Å². The number of benzene rings is 1. The summed E-state index contributed by atoms with van der Waals surface area (Å²) in [5.74, 6) is -0.344. The fourth-order valence-electron chi connectivity index (χ4n) is 1.67. The van der Waals surface area contributed by atoms with Gasteiger partial charge in [0.15, 0.2) is 0 Å². The molecule has 1 aromatic carbocycles. The molecular weight excluding hydrogens is 212 g/mol. The molecule has 2 nitrogen and oxygen atoms in total. The van der Waals surface area contributed by atoms with Gasteiger partial charge in [0.25, 0.3) is 0 Å². The number of carbonyl (C=O) groups excluding carboxylic acids is 1. The second-order valence-corrected chi connectivity index (χ2v) is 4.04. The smallest absolute Gasteiger partial charge is 0.330 e. The van der Waals surface area contributed by atoms with E-state index in [4.69, 9.17) is 4.74 Å². The van der Waals surface area contributed by atoms with Crippen LogP contribution < -0.4 is 0 Å². The van der Waals surface area contributed by atoms with Gasteiger partial charge in [0.2, 0.25) is 0 Å². The Bertz CT molecular complexity index is 352. The predicted molar refractivity (Wildman–Crippen MR) is 69.9 cm³/mol. The zero-order valence-electron chi connectivity index (χ0n) is 10.4. The fourth-order valence-corrected chi connectivity index (χ4v) is 1.67. The summed E-state index contributed by atoms with van der Waals surface area (Å²) in [5.41, 5.74) is 2.67. The van der Waals surface area contributed by atoms with Gasteiger partial charge in [-0.1, -0.05) is 44.2 Å². The average Bonchev–Trinajstić information content (AvgIpc) is 2.36. The van der Waals surface area contributed by atoms with Crippen molar-refractivity contribution in [3.63, 3.8) is 0 Å². The maximum atomic E-state index is 10.8. The molecule has 0 aliphatic heterocycles. The number of aryl methyl sites for hydroxylation is 2. The van der Waals surface area contributed by atoms with Crippen molar-refractivity contribution in [2.24, 2.45) is 0 Å². The monoisotopic (exact) mass is 232 g/mol. The largest absolute Gasteiger partial charge is 0.463 e. The van der Waals surface area contributed by atoms with Gasteiger partial charge >= 0.3 is 5.97 Å². The molecular formula is C15H20O2. The van der Waals surface area contributed by atoms with Gasteiger partial charge in [-0.25, -0.2) is 4.79 Å². The molecule has 0 spiro atoms. The number of hydrogen-bond acceptors (Lipinski definition) is 2. The highest BCUT2D eigenvalue weighted by molar-refractivity contribution is 5.81. The van der Waals surface area contributed by atoms with Crippen molar-refractivity contribution in [1.29, 1.82) is 0 Å². The van der Waals surface area contributed by atoms with Gasteiger partial charge in [-0.05, 0) is 30.4 Å². The Morgan fingerprint density at radius 1 is 1.24 bits per heavy atom. The minimum Gasteiger partial charge on any atom is -0.463 e. The highest BCUT2D eigenvalue weighted by Gasteiger charge is 1.97. The molecule has 0 aliphatic rings. The van der Waals surface area contributed by atoms with Gasteiger partial charge in [0.05, 0.1) is 6.61 Å². The van der Waals surface area contributed by atoms with Crippen LogP contribution in [0.25, 0.3) is 0 Å². The van der Waals surface area contributed by atoms with Crippen LogP contribution in [0.4, 0.5) is 0 Å². The molecule has 2 heteroatoms. The SMILES string of the molecule is C=CC(=O)OCCCc1ccc(CCC)cc1. The molecule has 0 saturated carbocycles. The van der Waals surface area contributed by atoms with E-state index in [0.717, 1.165) is 19.3 Å². The van der Waals surface area contributed by atoms with Crippen LogP contribution in [-0.2, 0) is 22.4 Å². The molecule has 0 N–H and O–H groups in total. The summed E-state index contributed by atoms with van der Waals surface area (Å²) >= 11 is 0. The van der Waals surface area contributed by atoms with Crippen LogP contribution in [-0.4, -0.2) is 12.6 Å². The summed E-state index contributed by atoms with van der Waals surface area (Å²) in [5, 5.41) is 0. The zero-order valence-corrected chi connectivity index (χ0v) is 10.4. The molecule has 0 saturated heterocycles. The lowest BCUT2D eigenvalue weighted by Crippen LogP contribution is -2.02. The quantitative estimate of drug-likeness (QED) is 0.409. The van der Waals surface area contributed by atoms with Crippen molar-refractivity contribution in [2.75, 3.05) is 6.61 Å². The second-order valence-electron chi connectivity index (χ2n) is 4.04. The Balaban J connectivity index is 2.27. The van der Waals surface area contributed by atoms with E-state index >= 15 is 0 Å². The molecule has 17 heavy (non-hydrogen) atoms. The maximum absolute atomic E-state index is 10.8.